The highest BCUT2D eigenvalue weighted by atomic mass is 19.4. The maximum atomic E-state index is 13.2. The fraction of sp³-hybridized carbons (Fsp3) is 0.0909. The largest absolute Gasteiger partial charge is 0.478 e. The van der Waals surface area contributed by atoms with Gasteiger partial charge in [0.25, 0.3) is 0 Å². The van der Waals surface area contributed by atoms with Crippen LogP contribution in [0.2, 0.25) is 0 Å². The topological polar surface area (TPSA) is 55.1 Å². The molecule has 0 radical (unpaired) electrons. The maximum Gasteiger partial charge on any atom is 0.416 e. The molecule has 7 heteroatoms. The van der Waals surface area contributed by atoms with Crippen LogP contribution in [-0.4, -0.2) is 20.6 Å². The first kappa shape index (κ1) is 18.7. The Morgan fingerprint density at radius 1 is 1.00 bits per heavy atom. The molecule has 4 aromatic rings. The van der Waals surface area contributed by atoms with E-state index in [4.69, 9.17) is 0 Å². The molecule has 146 valence electrons. The van der Waals surface area contributed by atoms with Crippen molar-refractivity contribution < 1.29 is 23.1 Å². The molecule has 0 fully saturated rings. The normalized spacial score (nSPS) is 11.7. The van der Waals surface area contributed by atoms with Crippen molar-refractivity contribution >= 4 is 17.0 Å². The molecule has 4 nitrogen and oxygen atoms in total. The summed E-state index contributed by atoms with van der Waals surface area (Å²) in [6.07, 6.45) is -4.48. The lowest BCUT2D eigenvalue weighted by Crippen LogP contribution is -2.04. The first-order valence-corrected chi connectivity index (χ1v) is 8.74. The zero-order valence-corrected chi connectivity index (χ0v) is 15.2. The van der Waals surface area contributed by atoms with Gasteiger partial charge in [-0.1, -0.05) is 29.8 Å². The maximum absolute atomic E-state index is 13.2. The van der Waals surface area contributed by atoms with Crippen LogP contribution < -0.4 is 0 Å². The zero-order chi connectivity index (χ0) is 20.8. The second kappa shape index (κ2) is 6.77. The molecule has 0 unspecified atom stereocenters. The number of rotatable bonds is 3. The van der Waals surface area contributed by atoms with Gasteiger partial charge in [0.05, 0.1) is 22.2 Å². The van der Waals surface area contributed by atoms with Gasteiger partial charge >= 0.3 is 12.1 Å². The quantitative estimate of drug-likeness (QED) is 0.482. The summed E-state index contributed by atoms with van der Waals surface area (Å²) in [6.45, 7) is 1.91. The average Bonchev–Trinajstić information content (AvgIpc) is 3.06. The molecule has 0 saturated carbocycles. The third-order valence-electron chi connectivity index (χ3n) is 4.61. The summed E-state index contributed by atoms with van der Waals surface area (Å²) in [6, 6.07) is 17.0. The molecule has 0 saturated heterocycles. The van der Waals surface area contributed by atoms with Crippen LogP contribution in [0.4, 0.5) is 13.2 Å². The van der Waals surface area contributed by atoms with E-state index < -0.39 is 17.7 Å². The van der Waals surface area contributed by atoms with Gasteiger partial charge in [0.1, 0.15) is 5.82 Å². The van der Waals surface area contributed by atoms with Gasteiger partial charge < -0.3 is 5.11 Å². The van der Waals surface area contributed by atoms with Gasteiger partial charge in [0.2, 0.25) is 0 Å². The number of nitrogens with zero attached hydrogens (tertiary/aromatic N) is 2. The summed E-state index contributed by atoms with van der Waals surface area (Å²) in [5, 5.41) is 9.32. The minimum atomic E-state index is -4.48. The SMILES string of the molecule is Cc1cccc(-c2nc3cc(C(F)(F)F)ccc3n2-c2cccc(C(=O)O)c2)c1. The number of carboxylic acid groups (broad SMARTS) is 1. The van der Waals surface area contributed by atoms with Crippen LogP contribution in [0.15, 0.2) is 66.7 Å². The Bertz CT molecular complexity index is 1240. The minimum Gasteiger partial charge on any atom is -0.478 e. The Labute approximate surface area is 163 Å². The lowest BCUT2D eigenvalue weighted by molar-refractivity contribution is -0.137. The molecule has 0 aliphatic rings. The lowest BCUT2D eigenvalue weighted by Gasteiger charge is -2.11. The number of halogens is 3. The van der Waals surface area contributed by atoms with Crippen molar-refractivity contribution in [3.8, 4) is 17.1 Å². The molecule has 0 spiro atoms. The molecule has 1 heterocycles. The number of hydrogen-bond donors (Lipinski definition) is 1. The zero-order valence-electron chi connectivity index (χ0n) is 15.2. The Hall–Kier alpha value is -3.61. The molecule has 4 rings (SSSR count). The smallest absolute Gasteiger partial charge is 0.416 e. The Kier molecular flexibility index (Phi) is 4.38. The van der Waals surface area contributed by atoms with E-state index in [0.717, 1.165) is 23.3 Å². The van der Waals surface area contributed by atoms with E-state index in [-0.39, 0.29) is 11.1 Å². The molecule has 1 aromatic heterocycles. The standard InChI is InChI=1S/C22H15F3N2O2/c1-13-4-2-5-14(10-13)20-26-18-12-16(22(23,24)25)8-9-19(18)27(20)17-7-3-6-15(11-17)21(28)29/h2-12H,1H3,(H,28,29). The van der Waals surface area contributed by atoms with E-state index in [9.17, 15) is 23.1 Å². The van der Waals surface area contributed by atoms with Crippen LogP contribution in [-0.2, 0) is 6.18 Å². The average molecular weight is 396 g/mol. The summed E-state index contributed by atoms with van der Waals surface area (Å²) in [5.74, 6) is -0.654. The van der Waals surface area contributed by atoms with E-state index in [1.165, 1.54) is 18.2 Å². The summed E-state index contributed by atoms with van der Waals surface area (Å²) in [7, 11) is 0. The van der Waals surface area contributed by atoms with Gasteiger partial charge in [-0.15, -0.1) is 0 Å². The van der Waals surface area contributed by atoms with Gasteiger partial charge in [0, 0.05) is 11.3 Å². The number of carboxylic acids is 1. The molecular weight excluding hydrogens is 381 g/mol. The van der Waals surface area contributed by atoms with Crippen LogP contribution in [0.5, 0.6) is 0 Å². The van der Waals surface area contributed by atoms with Crippen molar-refractivity contribution in [3.63, 3.8) is 0 Å². The van der Waals surface area contributed by atoms with Gasteiger partial charge in [-0.3, -0.25) is 4.57 Å². The van der Waals surface area contributed by atoms with Gasteiger partial charge in [0.15, 0.2) is 0 Å². The van der Waals surface area contributed by atoms with Crippen molar-refractivity contribution in [2.45, 2.75) is 13.1 Å². The number of hydrogen-bond acceptors (Lipinski definition) is 2. The summed E-state index contributed by atoms with van der Waals surface area (Å²) < 4.78 is 41.2. The van der Waals surface area contributed by atoms with Crippen molar-refractivity contribution in [3.05, 3.63) is 83.4 Å². The third kappa shape index (κ3) is 3.47. The number of carbonyl (C=O) groups is 1. The van der Waals surface area contributed by atoms with Crippen molar-refractivity contribution in [2.75, 3.05) is 0 Å². The fourth-order valence-corrected chi connectivity index (χ4v) is 3.27. The molecular formula is C22H15F3N2O2. The Balaban J connectivity index is 2.03. The molecule has 29 heavy (non-hydrogen) atoms. The van der Waals surface area contributed by atoms with Crippen LogP contribution in [0.3, 0.4) is 0 Å². The number of aromatic nitrogens is 2. The Morgan fingerprint density at radius 3 is 2.45 bits per heavy atom. The van der Waals surface area contributed by atoms with Gasteiger partial charge in [-0.2, -0.15) is 13.2 Å². The van der Waals surface area contributed by atoms with Crippen LogP contribution >= 0.6 is 0 Å². The monoisotopic (exact) mass is 396 g/mol. The molecule has 0 bridgehead atoms. The lowest BCUT2D eigenvalue weighted by atomic mass is 10.1. The van der Waals surface area contributed by atoms with E-state index in [1.54, 1.807) is 16.7 Å². The number of imidazole rings is 1. The van der Waals surface area contributed by atoms with Crippen LogP contribution in [0.25, 0.3) is 28.1 Å². The molecule has 1 N–H and O–H groups in total. The van der Waals surface area contributed by atoms with E-state index >= 15 is 0 Å². The summed E-state index contributed by atoms with van der Waals surface area (Å²) in [4.78, 5) is 15.9. The summed E-state index contributed by atoms with van der Waals surface area (Å²) in [5.41, 5.74) is 2.11. The first-order valence-electron chi connectivity index (χ1n) is 8.74. The number of aromatic carboxylic acids is 1. The number of alkyl halides is 3. The highest BCUT2D eigenvalue weighted by Crippen LogP contribution is 2.34. The van der Waals surface area contributed by atoms with E-state index in [1.807, 2.05) is 31.2 Å². The van der Waals surface area contributed by atoms with Crippen molar-refractivity contribution in [1.29, 1.82) is 0 Å². The molecule has 0 aliphatic carbocycles. The predicted octanol–water partition coefficient (Wildman–Crippen LogP) is 5.72. The van der Waals surface area contributed by atoms with Crippen LogP contribution in [0.1, 0.15) is 21.5 Å². The van der Waals surface area contributed by atoms with Crippen molar-refractivity contribution in [2.24, 2.45) is 0 Å². The molecule has 0 atom stereocenters. The number of aryl methyl sites for hydroxylation is 1. The summed E-state index contributed by atoms with van der Waals surface area (Å²) >= 11 is 0. The third-order valence-corrected chi connectivity index (χ3v) is 4.61. The Morgan fingerprint density at radius 2 is 1.76 bits per heavy atom. The van der Waals surface area contributed by atoms with Gasteiger partial charge in [-0.05, 0) is 49.4 Å². The fourth-order valence-electron chi connectivity index (χ4n) is 3.27. The van der Waals surface area contributed by atoms with Gasteiger partial charge in [-0.25, -0.2) is 9.78 Å². The number of benzene rings is 3. The number of fused-ring (bicyclic) bond motifs is 1. The van der Waals surface area contributed by atoms with Crippen LogP contribution in [0, 0.1) is 6.92 Å². The second-order valence-corrected chi connectivity index (χ2v) is 6.70. The minimum absolute atomic E-state index is 0.0754. The molecule has 0 aliphatic heterocycles. The highest BCUT2D eigenvalue weighted by molar-refractivity contribution is 5.89. The molecule has 3 aromatic carbocycles. The second-order valence-electron chi connectivity index (χ2n) is 6.70. The van der Waals surface area contributed by atoms with Crippen molar-refractivity contribution in [1.82, 2.24) is 9.55 Å². The highest BCUT2D eigenvalue weighted by Gasteiger charge is 2.31. The predicted molar refractivity (Wildman–Crippen MR) is 103 cm³/mol. The molecule has 0 amide bonds. The van der Waals surface area contributed by atoms with E-state index in [0.29, 0.717) is 17.0 Å². The van der Waals surface area contributed by atoms with E-state index in [2.05, 4.69) is 4.98 Å². The first-order chi connectivity index (χ1) is 13.7.